The summed E-state index contributed by atoms with van der Waals surface area (Å²) in [6, 6.07) is 0. The molecule has 0 unspecified atom stereocenters. The van der Waals surface area contributed by atoms with E-state index in [0.29, 0.717) is 38.0 Å². The molecule has 19 nitrogen and oxygen atoms in total. The summed E-state index contributed by atoms with van der Waals surface area (Å²) in [5, 5.41) is 95.7. The van der Waals surface area contributed by atoms with Crippen molar-refractivity contribution in [1.82, 2.24) is 0 Å². The second kappa shape index (κ2) is 19.2. The third-order valence-electron chi connectivity index (χ3n) is 18.3. The standard InChI is InChI=1S/C49H78O19/c1-22(2)10-9-15-48(8,68-23(3)52)40-27-18-47(7)25-11-12-30-45(4,5)31(14-16-46(30,6)24(25)13-17-49(40,47)44(60)64-27)65-43-39(32(54)26(53)21-61-43)67-42-37(59)35(57)38(29(20-51)63-42)66-41-36(58)34(56)33(55)28(19-50)62-41/h11,22,24,26-43,50-51,53-59H,9-10,12-21H2,1-8H3/t24-,26+,27-,28+,29+,30-,31-,32-,33+,34-,35+,36+,37+,38+,39+,40+,41-,42-,43-,46+,47-,48-,49+/m0/s1. The Morgan fingerprint density at radius 2 is 1.47 bits per heavy atom. The first-order chi connectivity index (χ1) is 31.9. The molecule has 0 amide bonds. The molecule has 388 valence electrons. The lowest BCUT2D eigenvalue weighted by Crippen LogP contribution is -2.66. The van der Waals surface area contributed by atoms with Gasteiger partial charge in [0.05, 0.1) is 37.3 Å². The number of ether oxygens (including phenoxy) is 8. The van der Waals surface area contributed by atoms with E-state index in [4.69, 9.17) is 37.9 Å². The van der Waals surface area contributed by atoms with Gasteiger partial charge in [-0.2, -0.15) is 0 Å². The minimum atomic E-state index is -1.90. The molecule has 3 saturated carbocycles. The molecule has 4 aliphatic carbocycles. The van der Waals surface area contributed by atoms with E-state index in [9.17, 15) is 55.5 Å². The Labute approximate surface area is 398 Å². The topological polar surface area (TPSA) is 290 Å². The molecular formula is C49H78O19. The van der Waals surface area contributed by atoms with Crippen LogP contribution >= 0.6 is 0 Å². The molecule has 4 heterocycles. The molecule has 0 aromatic heterocycles. The second-order valence-corrected chi connectivity index (χ2v) is 23.0. The molecule has 8 rings (SSSR count). The number of hydrogen-bond donors (Lipinski definition) is 9. The fourth-order valence-electron chi connectivity index (χ4n) is 14.9. The molecule has 19 heteroatoms. The Hall–Kier alpha value is -1.92. The predicted molar refractivity (Wildman–Crippen MR) is 235 cm³/mol. The van der Waals surface area contributed by atoms with Crippen LogP contribution in [0.5, 0.6) is 0 Å². The Kier molecular flexibility index (Phi) is 14.8. The van der Waals surface area contributed by atoms with Gasteiger partial charge in [-0.15, -0.1) is 0 Å². The summed E-state index contributed by atoms with van der Waals surface area (Å²) in [4.78, 5) is 27.1. The molecule has 4 saturated heterocycles. The van der Waals surface area contributed by atoms with Crippen LogP contribution in [0.3, 0.4) is 0 Å². The SMILES string of the molecule is CC(=O)O[C@@](C)(CCCC(C)C)[C@H]1[C@@H]2C[C@@]3(C)C4=CC[C@H]5C(C)(C)[C@@H](O[C@@H]6OC[C@@H](O)[C@H](O)[C@H]6O[C@@H]6O[C@H](CO)[C@@H](O[C@@H]7O[C@H](CO)[C@@H](O)[C@H](O)[C@H]7O)[C@H](O)[C@H]6O)CC[C@]5(C)[C@H]4CC[C@]13C(=O)O2. The number of rotatable bonds is 14. The fraction of sp³-hybridized carbons (Fsp3) is 0.918. The number of carbonyl (C=O) groups is 2. The van der Waals surface area contributed by atoms with Gasteiger partial charge in [-0.05, 0) is 86.9 Å². The summed E-state index contributed by atoms with van der Waals surface area (Å²) in [7, 11) is 0. The van der Waals surface area contributed by atoms with Gasteiger partial charge in [-0.25, -0.2) is 0 Å². The summed E-state index contributed by atoms with van der Waals surface area (Å²) < 4.78 is 48.4. The highest BCUT2D eigenvalue weighted by Crippen LogP contribution is 2.77. The van der Waals surface area contributed by atoms with Gasteiger partial charge in [-0.1, -0.05) is 59.6 Å². The molecule has 9 N–H and O–H groups in total. The lowest BCUT2D eigenvalue weighted by molar-refractivity contribution is -0.383. The zero-order chi connectivity index (χ0) is 49.6. The molecule has 0 aromatic rings. The number of allylic oxidation sites excluding steroid dienone is 2. The Morgan fingerprint density at radius 1 is 0.824 bits per heavy atom. The zero-order valence-electron chi connectivity index (χ0n) is 40.7. The number of aliphatic hydroxyl groups excluding tert-OH is 9. The number of fused-ring (bicyclic) bond motifs is 5. The largest absolute Gasteiger partial charge is 0.461 e. The molecule has 0 aromatic carbocycles. The van der Waals surface area contributed by atoms with Crippen LogP contribution in [0.4, 0.5) is 0 Å². The van der Waals surface area contributed by atoms with Crippen LogP contribution in [0.15, 0.2) is 11.6 Å². The Morgan fingerprint density at radius 3 is 2.12 bits per heavy atom. The average Bonchev–Trinajstić information content (AvgIpc) is 3.71. The summed E-state index contributed by atoms with van der Waals surface area (Å²) in [5.41, 5.74) is -1.59. The molecule has 2 bridgehead atoms. The van der Waals surface area contributed by atoms with Crippen LogP contribution in [0, 0.1) is 45.3 Å². The van der Waals surface area contributed by atoms with Crippen molar-refractivity contribution < 1.29 is 93.4 Å². The molecule has 68 heavy (non-hydrogen) atoms. The number of esters is 2. The molecule has 7 fully saturated rings. The van der Waals surface area contributed by atoms with Crippen molar-refractivity contribution in [2.45, 2.75) is 217 Å². The monoisotopic (exact) mass is 971 g/mol. The molecule has 4 aliphatic heterocycles. The lowest BCUT2D eigenvalue weighted by Gasteiger charge is -2.64. The molecular weight excluding hydrogens is 893 g/mol. The van der Waals surface area contributed by atoms with Gasteiger partial charge in [0.15, 0.2) is 18.9 Å². The first-order valence-electron chi connectivity index (χ1n) is 24.9. The molecule has 23 atom stereocenters. The Balaban J connectivity index is 0.989. The van der Waals surface area contributed by atoms with Crippen LogP contribution in [0.1, 0.15) is 113 Å². The van der Waals surface area contributed by atoms with E-state index in [0.717, 1.165) is 25.7 Å². The van der Waals surface area contributed by atoms with Crippen LogP contribution in [0.2, 0.25) is 0 Å². The fourth-order valence-corrected chi connectivity index (χ4v) is 14.9. The number of aliphatic hydroxyl groups is 9. The molecule has 8 aliphatic rings. The van der Waals surface area contributed by atoms with Gasteiger partial charge in [0.2, 0.25) is 0 Å². The summed E-state index contributed by atoms with van der Waals surface area (Å²) in [5.74, 6) is -0.0676. The maximum absolute atomic E-state index is 14.3. The van der Waals surface area contributed by atoms with Crippen molar-refractivity contribution in [3.63, 3.8) is 0 Å². The highest BCUT2D eigenvalue weighted by atomic mass is 16.8. The van der Waals surface area contributed by atoms with E-state index in [1.165, 1.54) is 12.5 Å². The van der Waals surface area contributed by atoms with Crippen LogP contribution < -0.4 is 0 Å². The van der Waals surface area contributed by atoms with E-state index in [1.54, 1.807) is 0 Å². The third kappa shape index (κ3) is 8.41. The first-order valence-corrected chi connectivity index (χ1v) is 24.9. The van der Waals surface area contributed by atoms with Gasteiger partial charge in [0.1, 0.15) is 78.8 Å². The predicted octanol–water partition coefficient (Wildman–Crippen LogP) is 0.728. The van der Waals surface area contributed by atoms with Crippen molar-refractivity contribution >= 4 is 11.9 Å². The van der Waals surface area contributed by atoms with Crippen molar-refractivity contribution in [3.8, 4) is 0 Å². The maximum Gasteiger partial charge on any atom is 0.313 e. The molecule has 0 radical (unpaired) electrons. The van der Waals surface area contributed by atoms with Crippen molar-refractivity contribution in [2.75, 3.05) is 19.8 Å². The maximum atomic E-state index is 14.3. The average molecular weight is 971 g/mol. The highest BCUT2D eigenvalue weighted by molar-refractivity contribution is 5.84. The van der Waals surface area contributed by atoms with E-state index in [2.05, 4.69) is 47.6 Å². The second-order valence-electron chi connectivity index (χ2n) is 23.0. The zero-order valence-corrected chi connectivity index (χ0v) is 40.7. The van der Waals surface area contributed by atoms with Crippen LogP contribution in [0.25, 0.3) is 0 Å². The molecule has 1 spiro atoms. The summed E-state index contributed by atoms with van der Waals surface area (Å²) in [6.45, 7) is 14.9. The van der Waals surface area contributed by atoms with Gasteiger partial charge in [-0.3, -0.25) is 9.59 Å². The van der Waals surface area contributed by atoms with Gasteiger partial charge in [0, 0.05) is 12.3 Å². The van der Waals surface area contributed by atoms with Crippen molar-refractivity contribution in [2.24, 2.45) is 45.3 Å². The minimum absolute atomic E-state index is 0.104. The van der Waals surface area contributed by atoms with E-state index >= 15 is 0 Å². The summed E-state index contributed by atoms with van der Waals surface area (Å²) in [6.07, 6.45) is -14.5. The highest BCUT2D eigenvalue weighted by Gasteiger charge is 2.79. The Bertz CT molecular complexity index is 1860. The summed E-state index contributed by atoms with van der Waals surface area (Å²) >= 11 is 0. The van der Waals surface area contributed by atoms with Crippen molar-refractivity contribution in [1.29, 1.82) is 0 Å². The number of carbonyl (C=O) groups excluding carboxylic acids is 2. The normalized spacial score (nSPS) is 49.5. The van der Waals surface area contributed by atoms with Gasteiger partial charge in [0.25, 0.3) is 0 Å². The smallest absolute Gasteiger partial charge is 0.313 e. The van der Waals surface area contributed by atoms with E-state index in [-0.39, 0.29) is 47.8 Å². The van der Waals surface area contributed by atoms with Crippen molar-refractivity contribution in [3.05, 3.63) is 11.6 Å². The number of hydrogen-bond acceptors (Lipinski definition) is 19. The first kappa shape index (κ1) is 52.4. The minimum Gasteiger partial charge on any atom is -0.461 e. The van der Waals surface area contributed by atoms with Gasteiger partial charge >= 0.3 is 11.9 Å². The van der Waals surface area contributed by atoms with E-state index < -0.39 is 127 Å². The lowest BCUT2D eigenvalue weighted by atomic mass is 9.40. The third-order valence-corrected chi connectivity index (χ3v) is 18.3. The van der Waals surface area contributed by atoms with Crippen LogP contribution in [-0.2, 0) is 47.5 Å². The van der Waals surface area contributed by atoms with E-state index in [1.807, 2.05) is 6.92 Å². The van der Waals surface area contributed by atoms with Gasteiger partial charge < -0.3 is 83.9 Å². The van der Waals surface area contributed by atoms with Crippen LogP contribution in [-0.4, -0.2) is 182 Å². The quantitative estimate of drug-likeness (QED) is 0.0857.